The fourth-order valence-corrected chi connectivity index (χ4v) is 1.05. The predicted octanol–water partition coefficient (Wildman–Crippen LogP) is 2.36. The van der Waals surface area contributed by atoms with Crippen molar-refractivity contribution in [3.63, 3.8) is 0 Å². The second-order valence-electron chi connectivity index (χ2n) is 2.92. The van der Waals surface area contributed by atoms with Gasteiger partial charge in [0.1, 0.15) is 17.3 Å². The van der Waals surface area contributed by atoms with E-state index in [0.717, 1.165) is 24.4 Å². The van der Waals surface area contributed by atoms with Crippen LogP contribution in [0.25, 0.3) is 0 Å². The Morgan fingerprint density at radius 1 is 1.42 bits per heavy atom. The topological polar surface area (TPSA) is 30.2 Å². The van der Waals surface area contributed by atoms with Gasteiger partial charge in [0.25, 0.3) is 0 Å². The first-order valence-corrected chi connectivity index (χ1v) is 4.29. The Morgan fingerprint density at radius 2 is 2.08 bits per heavy atom. The highest BCUT2D eigenvalue weighted by Gasteiger charge is 2.01. The van der Waals surface area contributed by atoms with Crippen molar-refractivity contribution in [2.45, 2.75) is 33.1 Å². The molecule has 1 heterocycles. The molecule has 0 aliphatic carbocycles. The SMILES string of the molecule is CCc1ccc(CCC(C)=O)o1. The van der Waals surface area contributed by atoms with Crippen LogP contribution in [0.1, 0.15) is 31.8 Å². The van der Waals surface area contributed by atoms with Crippen LogP contribution in [-0.2, 0) is 17.6 Å². The number of ketones is 1. The maximum Gasteiger partial charge on any atom is 0.130 e. The lowest BCUT2D eigenvalue weighted by molar-refractivity contribution is -0.117. The Labute approximate surface area is 72.6 Å². The van der Waals surface area contributed by atoms with Gasteiger partial charge in [-0.15, -0.1) is 0 Å². The van der Waals surface area contributed by atoms with E-state index in [1.807, 2.05) is 19.1 Å². The van der Waals surface area contributed by atoms with E-state index in [-0.39, 0.29) is 5.78 Å². The molecule has 0 radical (unpaired) electrons. The molecule has 2 heteroatoms. The fourth-order valence-electron chi connectivity index (χ4n) is 1.05. The summed E-state index contributed by atoms with van der Waals surface area (Å²) in [6.45, 7) is 3.65. The van der Waals surface area contributed by atoms with Gasteiger partial charge in [-0.1, -0.05) is 6.92 Å². The summed E-state index contributed by atoms with van der Waals surface area (Å²) in [6.07, 6.45) is 2.23. The molecule has 0 amide bonds. The lowest BCUT2D eigenvalue weighted by atomic mass is 10.2. The average Bonchev–Trinajstić information content (AvgIpc) is 2.48. The molecular formula is C10H14O2. The first kappa shape index (κ1) is 9.04. The first-order valence-electron chi connectivity index (χ1n) is 4.29. The second kappa shape index (κ2) is 4.10. The van der Waals surface area contributed by atoms with Gasteiger partial charge in [0.05, 0.1) is 0 Å². The number of Topliss-reactive ketones (excluding diaryl/α,β-unsaturated/α-hetero) is 1. The molecule has 1 rings (SSSR count). The molecule has 0 spiro atoms. The summed E-state index contributed by atoms with van der Waals surface area (Å²) in [5.41, 5.74) is 0. The van der Waals surface area contributed by atoms with Gasteiger partial charge in [0.2, 0.25) is 0 Å². The molecule has 0 atom stereocenters. The number of hydrogen-bond donors (Lipinski definition) is 0. The average molecular weight is 166 g/mol. The van der Waals surface area contributed by atoms with E-state index in [9.17, 15) is 4.79 Å². The van der Waals surface area contributed by atoms with Crippen molar-refractivity contribution in [2.24, 2.45) is 0 Å². The lowest BCUT2D eigenvalue weighted by Gasteiger charge is -1.92. The number of rotatable bonds is 4. The zero-order valence-electron chi connectivity index (χ0n) is 7.59. The Balaban J connectivity index is 2.47. The number of carbonyl (C=O) groups is 1. The summed E-state index contributed by atoms with van der Waals surface area (Å²) in [5.74, 6) is 2.13. The van der Waals surface area contributed by atoms with Crippen molar-refractivity contribution in [2.75, 3.05) is 0 Å². The minimum absolute atomic E-state index is 0.212. The van der Waals surface area contributed by atoms with Crippen molar-refractivity contribution in [1.29, 1.82) is 0 Å². The van der Waals surface area contributed by atoms with Crippen LogP contribution in [0.5, 0.6) is 0 Å². The summed E-state index contributed by atoms with van der Waals surface area (Å²) < 4.78 is 5.43. The van der Waals surface area contributed by atoms with Gasteiger partial charge in [-0.05, 0) is 19.1 Å². The monoisotopic (exact) mass is 166 g/mol. The van der Waals surface area contributed by atoms with Crippen molar-refractivity contribution in [1.82, 2.24) is 0 Å². The van der Waals surface area contributed by atoms with E-state index in [4.69, 9.17) is 4.42 Å². The first-order chi connectivity index (χ1) is 5.72. The normalized spacial score (nSPS) is 10.2. The number of hydrogen-bond acceptors (Lipinski definition) is 2. The highest BCUT2D eigenvalue weighted by Crippen LogP contribution is 2.10. The molecule has 0 fully saturated rings. The van der Waals surface area contributed by atoms with Gasteiger partial charge in [-0.2, -0.15) is 0 Å². The van der Waals surface area contributed by atoms with Gasteiger partial charge < -0.3 is 9.21 Å². The van der Waals surface area contributed by atoms with Gasteiger partial charge in [-0.3, -0.25) is 0 Å². The highest BCUT2D eigenvalue weighted by atomic mass is 16.3. The molecule has 0 aromatic carbocycles. The smallest absolute Gasteiger partial charge is 0.130 e. The molecule has 0 aliphatic heterocycles. The summed E-state index contributed by atoms with van der Waals surface area (Å²) >= 11 is 0. The molecule has 0 unspecified atom stereocenters. The maximum absolute atomic E-state index is 10.7. The molecule has 0 saturated heterocycles. The van der Waals surface area contributed by atoms with Crippen LogP contribution in [0.15, 0.2) is 16.5 Å². The lowest BCUT2D eigenvalue weighted by Crippen LogP contribution is -1.92. The van der Waals surface area contributed by atoms with E-state index in [0.29, 0.717) is 6.42 Å². The van der Waals surface area contributed by atoms with Crippen LogP contribution in [0.4, 0.5) is 0 Å². The van der Waals surface area contributed by atoms with Crippen molar-refractivity contribution < 1.29 is 9.21 Å². The molecular weight excluding hydrogens is 152 g/mol. The molecule has 0 saturated carbocycles. The number of furan rings is 1. The second-order valence-corrected chi connectivity index (χ2v) is 2.92. The molecule has 66 valence electrons. The summed E-state index contributed by atoms with van der Waals surface area (Å²) in [7, 11) is 0. The Morgan fingerprint density at radius 3 is 2.58 bits per heavy atom. The number of carbonyl (C=O) groups excluding carboxylic acids is 1. The van der Waals surface area contributed by atoms with E-state index in [1.54, 1.807) is 6.92 Å². The minimum Gasteiger partial charge on any atom is -0.466 e. The molecule has 0 bridgehead atoms. The standard InChI is InChI=1S/C10H14O2/c1-3-9-6-7-10(12-9)5-4-8(2)11/h6-7H,3-5H2,1-2H3. The van der Waals surface area contributed by atoms with Gasteiger partial charge in [0, 0.05) is 19.3 Å². The third-order valence-corrected chi connectivity index (χ3v) is 1.79. The Bertz CT molecular complexity index is 261. The predicted molar refractivity (Wildman–Crippen MR) is 47.1 cm³/mol. The minimum atomic E-state index is 0.212. The van der Waals surface area contributed by atoms with E-state index in [2.05, 4.69) is 0 Å². The fraction of sp³-hybridized carbons (Fsp3) is 0.500. The molecule has 0 N–H and O–H groups in total. The zero-order valence-corrected chi connectivity index (χ0v) is 7.59. The summed E-state index contributed by atoms with van der Waals surface area (Å²) in [6, 6.07) is 3.91. The Hall–Kier alpha value is -1.05. The highest BCUT2D eigenvalue weighted by molar-refractivity contribution is 5.75. The van der Waals surface area contributed by atoms with Crippen LogP contribution in [0, 0.1) is 0 Å². The van der Waals surface area contributed by atoms with Gasteiger partial charge >= 0.3 is 0 Å². The molecule has 12 heavy (non-hydrogen) atoms. The molecule has 1 aromatic heterocycles. The van der Waals surface area contributed by atoms with Crippen LogP contribution < -0.4 is 0 Å². The Kier molecular flexibility index (Phi) is 3.09. The molecule has 0 aliphatic rings. The molecule has 2 nitrogen and oxygen atoms in total. The van der Waals surface area contributed by atoms with Crippen LogP contribution in [0.3, 0.4) is 0 Å². The van der Waals surface area contributed by atoms with E-state index in [1.165, 1.54) is 0 Å². The van der Waals surface area contributed by atoms with Crippen molar-refractivity contribution >= 4 is 5.78 Å². The molecule has 1 aromatic rings. The summed E-state index contributed by atoms with van der Waals surface area (Å²) in [5, 5.41) is 0. The number of aryl methyl sites for hydroxylation is 2. The van der Waals surface area contributed by atoms with Crippen molar-refractivity contribution in [3.8, 4) is 0 Å². The quantitative estimate of drug-likeness (QED) is 0.687. The zero-order chi connectivity index (χ0) is 8.97. The third kappa shape index (κ3) is 2.53. The largest absolute Gasteiger partial charge is 0.466 e. The third-order valence-electron chi connectivity index (χ3n) is 1.79. The maximum atomic E-state index is 10.7. The van der Waals surface area contributed by atoms with Gasteiger partial charge in [0.15, 0.2) is 0 Å². The van der Waals surface area contributed by atoms with E-state index >= 15 is 0 Å². The van der Waals surface area contributed by atoms with Gasteiger partial charge in [-0.25, -0.2) is 0 Å². The van der Waals surface area contributed by atoms with Crippen LogP contribution >= 0.6 is 0 Å². The van der Waals surface area contributed by atoms with Crippen molar-refractivity contribution in [3.05, 3.63) is 23.7 Å². The van der Waals surface area contributed by atoms with Crippen LogP contribution in [0.2, 0.25) is 0 Å². The van der Waals surface area contributed by atoms with E-state index < -0.39 is 0 Å². The summed E-state index contributed by atoms with van der Waals surface area (Å²) in [4.78, 5) is 10.7. The van der Waals surface area contributed by atoms with Crippen LogP contribution in [-0.4, -0.2) is 5.78 Å².